The zero-order chi connectivity index (χ0) is 9.84. The van der Waals surface area contributed by atoms with Crippen LogP contribution in [0.25, 0.3) is 0 Å². The molecule has 0 unspecified atom stereocenters. The summed E-state index contributed by atoms with van der Waals surface area (Å²) < 4.78 is 0. The van der Waals surface area contributed by atoms with Crippen LogP contribution in [-0.4, -0.2) is 39.8 Å². The van der Waals surface area contributed by atoms with E-state index in [1.54, 1.807) is 11.8 Å². The normalized spacial score (nSPS) is 30.3. The molecular weight excluding hydrogens is 206 g/mol. The molecule has 1 aliphatic heterocycles. The van der Waals surface area contributed by atoms with Gasteiger partial charge in [0.1, 0.15) is 6.04 Å². The van der Waals surface area contributed by atoms with Gasteiger partial charge in [0.15, 0.2) is 0 Å². The summed E-state index contributed by atoms with van der Waals surface area (Å²) in [6.45, 7) is 2.17. The molecule has 1 rings (SSSR count). The van der Waals surface area contributed by atoms with E-state index >= 15 is 0 Å². The Morgan fingerprint density at radius 1 is 1.85 bits per heavy atom. The zero-order valence-corrected chi connectivity index (χ0v) is 9.45. The molecule has 5 heteroatoms. The summed E-state index contributed by atoms with van der Waals surface area (Å²) in [5.41, 5.74) is 0. The first-order valence-corrected chi connectivity index (χ1v) is 6.60. The van der Waals surface area contributed by atoms with E-state index in [2.05, 4.69) is 18.5 Å². The molecule has 0 spiro atoms. The Balaban J connectivity index is 2.29. The van der Waals surface area contributed by atoms with E-state index in [9.17, 15) is 4.79 Å². The SMILES string of the molecule is CS[C@H](C)C[C@@H]1N[C@H](C(=O)O)CS1. The van der Waals surface area contributed by atoms with Crippen LogP contribution in [0.3, 0.4) is 0 Å². The maximum atomic E-state index is 10.6. The number of rotatable bonds is 4. The van der Waals surface area contributed by atoms with Gasteiger partial charge in [0.25, 0.3) is 0 Å². The molecule has 0 aromatic heterocycles. The summed E-state index contributed by atoms with van der Waals surface area (Å²) in [6.07, 6.45) is 3.12. The molecule has 0 amide bonds. The van der Waals surface area contributed by atoms with Crippen LogP contribution in [-0.2, 0) is 4.79 Å². The molecule has 13 heavy (non-hydrogen) atoms. The minimum Gasteiger partial charge on any atom is -0.480 e. The minimum absolute atomic E-state index is 0.323. The topological polar surface area (TPSA) is 49.3 Å². The Morgan fingerprint density at radius 3 is 3.00 bits per heavy atom. The lowest BCUT2D eigenvalue weighted by Crippen LogP contribution is -2.37. The summed E-state index contributed by atoms with van der Waals surface area (Å²) in [4.78, 5) is 10.6. The van der Waals surface area contributed by atoms with Gasteiger partial charge in [-0.15, -0.1) is 11.8 Å². The Bertz CT molecular complexity index is 189. The lowest BCUT2D eigenvalue weighted by atomic mass is 10.3. The van der Waals surface area contributed by atoms with Crippen molar-refractivity contribution in [2.24, 2.45) is 0 Å². The van der Waals surface area contributed by atoms with Crippen molar-refractivity contribution in [2.75, 3.05) is 12.0 Å². The third kappa shape index (κ3) is 3.40. The zero-order valence-electron chi connectivity index (χ0n) is 7.82. The first kappa shape index (κ1) is 11.2. The maximum absolute atomic E-state index is 10.6. The van der Waals surface area contributed by atoms with Gasteiger partial charge in [0.2, 0.25) is 0 Å². The van der Waals surface area contributed by atoms with Crippen molar-refractivity contribution in [3.63, 3.8) is 0 Å². The van der Waals surface area contributed by atoms with Crippen molar-refractivity contribution in [3.8, 4) is 0 Å². The number of thioether (sulfide) groups is 2. The average molecular weight is 221 g/mol. The Morgan fingerprint density at radius 2 is 2.54 bits per heavy atom. The van der Waals surface area contributed by atoms with Gasteiger partial charge in [-0.2, -0.15) is 11.8 Å². The van der Waals surface area contributed by atoms with Crippen LogP contribution in [0.1, 0.15) is 13.3 Å². The lowest BCUT2D eigenvalue weighted by molar-refractivity contribution is -0.138. The summed E-state index contributed by atoms with van der Waals surface area (Å²) >= 11 is 3.54. The van der Waals surface area contributed by atoms with E-state index < -0.39 is 5.97 Å². The smallest absolute Gasteiger partial charge is 0.321 e. The van der Waals surface area contributed by atoms with Crippen LogP contribution in [0.15, 0.2) is 0 Å². The van der Waals surface area contributed by atoms with E-state index in [1.807, 2.05) is 11.8 Å². The van der Waals surface area contributed by atoms with Crippen LogP contribution in [0, 0.1) is 0 Å². The van der Waals surface area contributed by atoms with Crippen LogP contribution < -0.4 is 5.32 Å². The van der Waals surface area contributed by atoms with Crippen LogP contribution >= 0.6 is 23.5 Å². The summed E-state index contributed by atoms with van der Waals surface area (Å²) in [7, 11) is 0. The van der Waals surface area contributed by atoms with E-state index in [4.69, 9.17) is 5.11 Å². The molecule has 1 saturated heterocycles. The second kappa shape index (κ2) is 5.12. The van der Waals surface area contributed by atoms with Gasteiger partial charge in [0, 0.05) is 11.0 Å². The molecular formula is C8H15NO2S2. The first-order valence-electron chi connectivity index (χ1n) is 4.26. The third-order valence-corrected chi connectivity index (χ3v) is 4.35. The standard InChI is InChI=1S/C8H15NO2S2/c1-5(12-2)3-7-9-6(4-13-7)8(10)11/h5-7,9H,3-4H2,1-2H3,(H,10,11)/t5-,6+,7-/m1/s1. The van der Waals surface area contributed by atoms with Gasteiger partial charge in [0.05, 0.1) is 5.37 Å². The van der Waals surface area contributed by atoms with Crippen LogP contribution in [0.5, 0.6) is 0 Å². The Labute approximate surface area is 87.0 Å². The van der Waals surface area contributed by atoms with Crippen LogP contribution in [0.2, 0.25) is 0 Å². The van der Waals surface area contributed by atoms with Crippen molar-refractivity contribution in [1.82, 2.24) is 5.32 Å². The summed E-state index contributed by atoms with van der Waals surface area (Å²) in [5, 5.41) is 12.8. The van der Waals surface area contributed by atoms with E-state index in [-0.39, 0.29) is 6.04 Å². The minimum atomic E-state index is -0.730. The van der Waals surface area contributed by atoms with Crippen molar-refractivity contribution >= 4 is 29.5 Å². The molecule has 0 bridgehead atoms. The lowest BCUT2D eigenvalue weighted by Gasteiger charge is -2.14. The predicted molar refractivity (Wildman–Crippen MR) is 58.4 cm³/mol. The van der Waals surface area contributed by atoms with Gasteiger partial charge in [-0.25, -0.2) is 0 Å². The fourth-order valence-corrected chi connectivity index (χ4v) is 3.06. The van der Waals surface area contributed by atoms with Gasteiger partial charge in [-0.3, -0.25) is 10.1 Å². The number of aliphatic carboxylic acids is 1. The number of carbonyl (C=O) groups is 1. The highest BCUT2D eigenvalue weighted by atomic mass is 32.2. The molecule has 2 N–H and O–H groups in total. The summed E-state index contributed by atoms with van der Waals surface area (Å²) in [6, 6.07) is -0.343. The van der Waals surface area contributed by atoms with E-state index in [0.717, 1.165) is 6.42 Å². The molecule has 0 aromatic carbocycles. The second-order valence-corrected chi connectivity index (χ2v) is 5.67. The number of nitrogens with one attached hydrogen (secondary N) is 1. The third-order valence-electron chi connectivity index (χ3n) is 2.10. The number of carboxylic acids is 1. The molecule has 0 radical (unpaired) electrons. The first-order chi connectivity index (χ1) is 6.13. The van der Waals surface area contributed by atoms with E-state index in [0.29, 0.717) is 16.4 Å². The monoisotopic (exact) mass is 221 g/mol. The summed E-state index contributed by atoms with van der Waals surface area (Å²) in [5.74, 6) is -0.0343. The van der Waals surface area contributed by atoms with E-state index in [1.165, 1.54) is 0 Å². The molecule has 0 saturated carbocycles. The highest BCUT2D eigenvalue weighted by Gasteiger charge is 2.29. The fourth-order valence-electron chi connectivity index (χ4n) is 1.21. The number of carboxylic acid groups (broad SMARTS) is 1. The molecule has 3 nitrogen and oxygen atoms in total. The van der Waals surface area contributed by atoms with Crippen molar-refractivity contribution < 1.29 is 9.90 Å². The largest absolute Gasteiger partial charge is 0.480 e. The number of hydrogen-bond donors (Lipinski definition) is 2. The molecule has 1 aliphatic rings. The molecule has 0 aliphatic carbocycles. The van der Waals surface area contributed by atoms with Gasteiger partial charge in [-0.1, -0.05) is 6.92 Å². The molecule has 76 valence electrons. The highest BCUT2D eigenvalue weighted by Crippen LogP contribution is 2.25. The van der Waals surface area contributed by atoms with Crippen molar-refractivity contribution in [1.29, 1.82) is 0 Å². The molecule has 3 atom stereocenters. The average Bonchev–Trinajstić information content (AvgIpc) is 2.52. The quantitative estimate of drug-likeness (QED) is 0.748. The Hall–Kier alpha value is 0.130. The number of hydrogen-bond acceptors (Lipinski definition) is 4. The maximum Gasteiger partial charge on any atom is 0.321 e. The molecule has 0 aromatic rings. The second-order valence-electron chi connectivity index (χ2n) is 3.16. The molecule has 1 fully saturated rings. The highest BCUT2D eigenvalue weighted by molar-refractivity contribution is 8.00. The Kier molecular flexibility index (Phi) is 4.41. The predicted octanol–water partition coefficient (Wildman–Crippen LogP) is 1.24. The fraction of sp³-hybridized carbons (Fsp3) is 0.875. The van der Waals surface area contributed by atoms with Crippen molar-refractivity contribution in [3.05, 3.63) is 0 Å². The van der Waals surface area contributed by atoms with Gasteiger partial charge >= 0.3 is 5.97 Å². The van der Waals surface area contributed by atoms with Crippen molar-refractivity contribution in [2.45, 2.75) is 30.0 Å². The van der Waals surface area contributed by atoms with Crippen LogP contribution in [0.4, 0.5) is 0 Å². The van der Waals surface area contributed by atoms with Gasteiger partial charge in [-0.05, 0) is 12.7 Å². The molecule has 1 heterocycles. The van der Waals surface area contributed by atoms with Gasteiger partial charge < -0.3 is 5.11 Å².